The maximum Gasteiger partial charge on any atom is 0.329 e. The number of nitrogens with zero attached hydrogens (tertiary/aromatic N) is 1. The zero-order chi connectivity index (χ0) is 22.8. The van der Waals surface area contributed by atoms with E-state index in [4.69, 9.17) is 4.74 Å². The van der Waals surface area contributed by atoms with Gasteiger partial charge >= 0.3 is 11.8 Å². The summed E-state index contributed by atoms with van der Waals surface area (Å²) in [6.45, 7) is 6.00. The first-order valence-electron chi connectivity index (χ1n) is 9.64. The van der Waals surface area contributed by atoms with Crippen molar-refractivity contribution in [1.82, 2.24) is 10.7 Å². The van der Waals surface area contributed by atoms with Crippen LogP contribution >= 0.6 is 15.9 Å². The summed E-state index contributed by atoms with van der Waals surface area (Å²) in [4.78, 5) is 35.4. The average Bonchev–Trinajstić information content (AvgIpc) is 2.72. The van der Waals surface area contributed by atoms with Gasteiger partial charge in [-0.2, -0.15) is 5.10 Å². The number of rotatable bonds is 8. The minimum atomic E-state index is -0.843. The number of amides is 3. The van der Waals surface area contributed by atoms with E-state index in [2.05, 4.69) is 37.1 Å². The van der Waals surface area contributed by atoms with E-state index in [0.717, 1.165) is 10.0 Å². The predicted molar refractivity (Wildman–Crippen MR) is 123 cm³/mol. The summed E-state index contributed by atoms with van der Waals surface area (Å²) in [5.41, 5.74) is 4.45. The Bertz CT molecular complexity index is 976. The topological polar surface area (TPSA) is 109 Å². The highest BCUT2D eigenvalue weighted by Crippen LogP contribution is 2.20. The molecule has 0 heterocycles. The number of carbonyl (C=O) groups excluding carboxylic acids is 3. The summed E-state index contributed by atoms with van der Waals surface area (Å²) in [6, 6.07) is 12.4. The molecule has 2 rings (SSSR count). The third-order valence-corrected chi connectivity index (χ3v) is 4.44. The number of nitrogens with one attached hydrogen (secondary N) is 3. The van der Waals surface area contributed by atoms with Crippen LogP contribution in [0.4, 0.5) is 5.69 Å². The molecule has 0 saturated heterocycles. The molecule has 0 atom stereocenters. The fourth-order valence-electron chi connectivity index (χ4n) is 2.38. The molecule has 8 nitrogen and oxygen atoms in total. The van der Waals surface area contributed by atoms with E-state index in [1.807, 2.05) is 39.0 Å². The number of ether oxygens (including phenoxy) is 1. The van der Waals surface area contributed by atoms with Crippen LogP contribution in [0.3, 0.4) is 0 Å². The van der Waals surface area contributed by atoms with Gasteiger partial charge in [-0.15, -0.1) is 0 Å². The number of anilines is 1. The van der Waals surface area contributed by atoms with Crippen LogP contribution < -0.4 is 20.8 Å². The van der Waals surface area contributed by atoms with Gasteiger partial charge in [0.1, 0.15) is 5.75 Å². The molecule has 0 aromatic heterocycles. The molecule has 0 fully saturated rings. The number of aryl methyl sites for hydroxylation is 1. The Labute approximate surface area is 189 Å². The lowest BCUT2D eigenvalue weighted by Crippen LogP contribution is -2.39. The van der Waals surface area contributed by atoms with E-state index in [-0.39, 0.29) is 18.4 Å². The van der Waals surface area contributed by atoms with Gasteiger partial charge in [-0.05, 0) is 54.3 Å². The summed E-state index contributed by atoms with van der Waals surface area (Å²) in [5.74, 6) is -1.17. The Kier molecular flexibility index (Phi) is 9.20. The van der Waals surface area contributed by atoms with E-state index in [1.54, 1.807) is 24.3 Å². The molecule has 0 aliphatic rings. The zero-order valence-electron chi connectivity index (χ0n) is 17.6. The second-order valence-corrected chi connectivity index (χ2v) is 8.09. The smallest absolute Gasteiger partial charge is 0.329 e. The molecular formula is C22H25BrN4O4. The molecule has 9 heteroatoms. The van der Waals surface area contributed by atoms with Crippen LogP contribution in [0, 0.1) is 12.8 Å². The number of halogens is 1. The maximum atomic E-state index is 12.2. The van der Waals surface area contributed by atoms with Gasteiger partial charge in [0.15, 0.2) is 6.61 Å². The predicted octanol–water partition coefficient (Wildman–Crippen LogP) is 3.00. The highest BCUT2D eigenvalue weighted by molar-refractivity contribution is 9.10. The monoisotopic (exact) mass is 488 g/mol. The molecule has 0 aliphatic heterocycles. The lowest BCUT2D eigenvalue weighted by atomic mass is 10.2. The Morgan fingerprint density at radius 1 is 1.13 bits per heavy atom. The summed E-state index contributed by atoms with van der Waals surface area (Å²) < 4.78 is 6.47. The standard InChI is InChI=1S/C22H25BrN4O4/c1-14(2)11-24-21(29)22(30)27-25-12-16-5-4-6-18(10-16)31-13-20(28)26-19-8-7-17(23)9-15(19)3/h4-10,12,14H,11,13H2,1-3H3,(H,24,29)(H,26,28)(H,27,30)/b25-12-. The molecule has 31 heavy (non-hydrogen) atoms. The number of carbonyl (C=O) groups is 3. The van der Waals surface area contributed by atoms with Gasteiger partial charge in [0, 0.05) is 16.7 Å². The summed E-state index contributed by atoms with van der Waals surface area (Å²) in [7, 11) is 0. The molecule has 164 valence electrons. The van der Waals surface area contributed by atoms with E-state index in [9.17, 15) is 14.4 Å². The molecule has 0 bridgehead atoms. The molecule has 3 amide bonds. The minimum Gasteiger partial charge on any atom is -0.484 e. The molecule has 2 aromatic carbocycles. The number of hydrogen-bond donors (Lipinski definition) is 3. The molecular weight excluding hydrogens is 464 g/mol. The minimum absolute atomic E-state index is 0.164. The SMILES string of the molecule is Cc1cc(Br)ccc1NC(=O)COc1cccc(/C=N\NC(=O)C(=O)NCC(C)C)c1. The van der Waals surface area contributed by atoms with Gasteiger partial charge in [0.05, 0.1) is 6.21 Å². The number of hydrazone groups is 1. The van der Waals surface area contributed by atoms with Crippen molar-refractivity contribution in [2.75, 3.05) is 18.5 Å². The van der Waals surface area contributed by atoms with E-state index < -0.39 is 11.8 Å². The zero-order valence-corrected chi connectivity index (χ0v) is 19.2. The van der Waals surface area contributed by atoms with Crippen LogP contribution in [0.1, 0.15) is 25.0 Å². The van der Waals surface area contributed by atoms with Crippen molar-refractivity contribution < 1.29 is 19.1 Å². The molecule has 0 saturated carbocycles. The van der Waals surface area contributed by atoms with Gasteiger partial charge in [-0.1, -0.05) is 41.9 Å². The van der Waals surface area contributed by atoms with Gasteiger partial charge in [-0.25, -0.2) is 5.43 Å². The quantitative estimate of drug-likeness (QED) is 0.301. The molecule has 0 unspecified atom stereocenters. The van der Waals surface area contributed by atoms with Crippen molar-refractivity contribution in [3.05, 3.63) is 58.1 Å². The van der Waals surface area contributed by atoms with E-state index in [0.29, 0.717) is 23.5 Å². The van der Waals surface area contributed by atoms with Crippen LogP contribution in [0.15, 0.2) is 52.0 Å². The molecule has 0 aliphatic carbocycles. The highest BCUT2D eigenvalue weighted by atomic mass is 79.9. The Morgan fingerprint density at radius 2 is 1.90 bits per heavy atom. The summed E-state index contributed by atoms with van der Waals surface area (Å²) in [5, 5.41) is 9.08. The fourth-order valence-corrected chi connectivity index (χ4v) is 2.86. The van der Waals surface area contributed by atoms with Crippen LogP contribution in [-0.2, 0) is 14.4 Å². The first-order valence-corrected chi connectivity index (χ1v) is 10.4. The first-order chi connectivity index (χ1) is 14.7. The third-order valence-electron chi connectivity index (χ3n) is 3.95. The van der Waals surface area contributed by atoms with Gasteiger partial charge in [0.25, 0.3) is 5.91 Å². The molecule has 0 spiro atoms. The largest absolute Gasteiger partial charge is 0.484 e. The van der Waals surface area contributed by atoms with E-state index >= 15 is 0 Å². The van der Waals surface area contributed by atoms with Crippen LogP contribution in [0.25, 0.3) is 0 Å². The second kappa shape index (κ2) is 11.8. The Balaban J connectivity index is 1.84. The fraction of sp³-hybridized carbons (Fsp3) is 0.273. The average molecular weight is 489 g/mol. The summed E-state index contributed by atoms with van der Waals surface area (Å²) >= 11 is 3.38. The second-order valence-electron chi connectivity index (χ2n) is 7.17. The highest BCUT2D eigenvalue weighted by Gasteiger charge is 2.12. The molecule has 0 radical (unpaired) electrons. The van der Waals surface area contributed by atoms with E-state index in [1.165, 1.54) is 6.21 Å². The van der Waals surface area contributed by atoms with Gasteiger partial charge in [-0.3, -0.25) is 14.4 Å². The number of benzene rings is 2. The van der Waals surface area contributed by atoms with Crippen LogP contribution in [0.2, 0.25) is 0 Å². The van der Waals surface area contributed by atoms with Gasteiger partial charge in [0.2, 0.25) is 0 Å². The van der Waals surface area contributed by atoms with Crippen molar-refractivity contribution in [2.24, 2.45) is 11.0 Å². The van der Waals surface area contributed by atoms with Crippen molar-refractivity contribution >= 4 is 45.6 Å². The molecule has 3 N–H and O–H groups in total. The van der Waals surface area contributed by atoms with Crippen molar-refractivity contribution in [3.63, 3.8) is 0 Å². The maximum absolute atomic E-state index is 12.2. The van der Waals surface area contributed by atoms with Crippen molar-refractivity contribution in [2.45, 2.75) is 20.8 Å². The summed E-state index contributed by atoms with van der Waals surface area (Å²) in [6.07, 6.45) is 1.38. The van der Waals surface area contributed by atoms with Crippen molar-refractivity contribution in [3.8, 4) is 5.75 Å². The first kappa shape index (κ1) is 24.1. The normalized spacial score (nSPS) is 10.7. The van der Waals surface area contributed by atoms with Crippen molar-refractivity contribution in [1.29, 1.82) is 0 Å². The Morgan fingerprint density at radius 3 is 2.61 bits per heavy atom. The van der Waals surface area contributed by atoms with Crippen LogP contribution in [0.5, 0.6) is 5.75 Å². The lowest BCUT2D eigenvalue weighted by Gasteiger charge is -2.10. The lowest BCUT2D eigenvalue weighted by molar-refractivity contribution is -0.139. The van der Waals surface area contributed by atoms with Gasteiger partial charge < -0.3 is 15.4 Å². The molecule has 2 aromatic rings. The third kappa shape index (κ3) is 8.59. The van der Waals surface area contributed by atoms with Crippen LogP contribution in [-0.4, -0.2) is 37.1 Å². The Hall–Kier alpha value is -3.20. The number of hydrogen-bond acceptors (Lipinski definition) is 5.